The number of ether oxygens (including phenoxy) is 7. The van der Waals surface area contributed by atoms with Crippen molar-refractivity contribution in [2.75, 3.05) is 0 Å². The Bertz CT molecular complexity index is 3600. The van der Waals surface area contributed by atoms with Crippen LogP contribution in [0.5, 0.6) is 34.5 Å². The number of cyclic esters (lactones) is 8. The molecule has 0 saturated carbocycles. The van der Waals surface area contributed by atoms with Crippen molar-refractivity contribution in [1.29, 1.82) is 0 Å². The van der Waals surface area contributed by atoms with Gasteiger partial charge in [-0.05, 0) is 97.1 Å². The van der Waals surface area contributed by atoms with Crippen LogP contribution in [0.2, 0.25) is 0 Å². The Morgan fingerprint density at radius 3 is 0.739 bits per heavy atom. The molecule has 8 aromatic rings. The highest BCUT2D eigenvalue weighted by atomic mass is 16.6. The van der Waals surface area contributed by atoms with E-state index >= 15 is 0 Å². The summed E-state index contributed by atoms with van der Waals surface area (Å²) in [5.41, 5.74) is -2.05. The number of rotatable bonds is 6. The highest BCUT2D eigenvalue weighted by Crippen LogP contribution is 2.34. The van der Waals surface area contributed by atoms with E-state index in [0.29, 0.717) is 23.0 Å². The molecule has 0 unspecified atom stereocenters. The lowest BCUT2D eigenvalue weighted by Crippen LogP contribution is -1.97. The zero-order valence-corrected chi connectivity index (χ0v) is 34.0. The normalized spacial score (nSPS) is 13.9. The van der Waals surface area contributed by atoms with Gasteiger partial charge < -0.3 is 42.0 Å². The third-order valence-corrected chi connectivity index (χ3v) is 10.4. The van der Waals surface area contributed by atoms with Crippen molar-refractivity contribution in [2.24, 2.45) is 0 Å². The van der Waals surface area contributed by atoms with Crippen molar-refractivity contribution in [3.63, 3.8) is 0 Å². The minimum Gasteiger partial charge on any atom is -0.457 e. The molecule has 0 amide bonds. The smallest absolute Gasteiger partial charge is 0.347 e. The maximum absolute atomic E-state index is 11.7. The maximum Gasteiger partial charge on any atom is 0.347 e. The molecule has 0 fully saturated rings. The summed E-state index contributed by atoms with van der Waals surface area (Å²) < 4.78 is 43.8. The lowest BCUT2D eigenvalue weighted by atomic mass is 10.1. The molecule has 0 saturated heterocycles. The van der Waals surface area contributed by atoms with Crippen molar-refractivity contribution < 1.29 is 80.3 Å². The van der Waals surface area contributed by atoms with Gasteiger partial charge in [0.15, 0.2) is 0 Å². The molecular weight excluding hydrogens is 913 g/mol. The summed E-state index contributed by atoms with van der Waals surface area (Å²) in [5.74, 6) is -3.58. The average Bonchev–Trinajstić information content (AvgIpc) is 4.11. The third-order valence-electron chi connectivity index (χ3n) is 10.4. The topological polar surface area (TPSA) is 296 Å². The average molecular weight is 931 g/mol. The van der Waals surface area contributed by atoms with Crippen LogP contribution in [0.25, 0.3) is 21.5 Å². The lowest BCUT2D eigenvalue weighted by molar-refractivity contribution is 0.0425. The van der Waals surface area contributed by atoms with Gasteiger partial charge in [0.1, 0.15) is 34.5 Å². The van der Waals surface area contributed by atoms with E-state index in [1.54, 1.807) is 36.4 Å². The van der Waals surface area contributed by atoms with Crippen molar-refractivity contribution in [1.82, 2.24) is 0 Å². The molecule has 0 bridgehead atoms. The van der Waals surface area contributed by atoms with E-state index in [0.717, 1.165) is 12.1 Å². The van der Waals surface area contributed by atoms with E-state index in [-0.39, 0.29) is 77.6 Å². The fourth-order valence-electron chi connectivity index (χ4n) is 7.18. The summed E-state index contributed by atoms with van der Waals surface area (Å²) in [6.45, 7) is 0. The molecule has 0 atom stereocenters. The summed E-state index contributed by atoms with van der Waals surface area (Å²) in [5, 5.41) is -0.0726. The molecule has 21 heteroatoms. The van der Waals surface area contributed by atoms with Gasteiger partial charge in [0.25, 0.3) is 0 Å². The minimum atomic E-state index is -0.824. The largest absolute Gasteiger partial charge is 0.457 e. The van der Waals surface area contributed by atoms with Crippen LogP contribution in [0.15, 0.2) is 137 Å². The minimum absolute atomic E-state index is 0.0181. The maximum atomic E-state index is 11.7. The van der Waals surface area contributed by atoms with Gasteiger partial charge in [-0.25, -0.2) is 57.5 Å². The van der Waals surface area contributed by atoms with Gasteiger partial charge >= 0.3 is 70.3 Å². The molecule has 0 N–H and O–H groups in total. The number of hydrogen-bond acceptors (Lipinski definition) is 21. The predicted octanol–water partition coefficient (Wildman–Crippen LogP) is 5.49. The number of furan rings is 2. The zero-order chi connectivity index (χ0) is 48.4. The SMILES string of the molecule is O=C1OC(=O)c2cc(Oc3ccc4c(c3)C(=O)OC4=O)ccc21.O=C1OC(=O)c2cc(Oc3cccc(Oc4ccc5c(c4)C(=O)OC5=O)c3)ccc21.O=c1oc(=O)c2cc3c(=O)oc(=O)c3cc12. The molecule has 2 aromatic heterocycles. The van der Waals surface area contributed by atoms with Crippen LogP contribution in [0.1, 0.15) is 82.9 Å². The number of esters is 8. The van der Waals surface area contributed by atoms with Crippen molar-refractivity contribution in [3.05, 3.63) is 195 Å². The Morgan fingerprint density at radius 1 is 0.246 bits per heavy atom. The second kappa shape index (κ2) is 16.2. The molecule has 21 nitrogen and oxygen atoms in total. The molecular formula is C48H18O21. The molecule has 4 aliphatic heterocycles. The Kier molecular flexibility index (Phi) is 9.99. The Labute approximate surface area is 378 Å². The molecule has 6 aromatic carbocycles. The molecule has 336 valence electrons. The van der Waals surface area contributed by atoms with E-state index in [1.165, 1.54) is 60.7 Å². The van der Waals surface area contributed by atoms with Gasteiger partial charge in [0, 0.05) is 6.07 Å². The highest BCUT2D eigenvalue weighted by molar-refractivity contribution is 6.17. The Morgan fingerprint density at radius 2 is 0.478 bits per heavy atom. The zero-order valence-electron chi connectivity index (χ0n) is 34.0. The van der Waals surface area contributed by atoms with Crippen LogP contribution in [-0.4, -0.2) is 47.8 Å². The second-order valence-electron chi connectivity index (χ2n) is 14.6. The van der Waals surface area contributed by atoms with E-state index in [4.69, 9.17) is 14.2 Å². The monoisotopic (exact) mass is 930 g/mol. The standard InChI is InChI=1S/C22H10O8.C16H6O7.C10H2O6/c23-19-15-6-4-13(9-17(15)21(25)29-19)27-11-2-1-3-12(8-11)28-14-5-7-16-18(10-14)22(26)30-20(16)24;17-13-9-3-1-7(5-11(9)15(19)22-13)21-8-2-4-10-12(6-8)16(20)23-14(10)18;11-7-3-1-4-6(10(14)16-8(4)12)2-5(3)9(13)15-7/h1-10H;1-6H;1-2H. The molecule has 0 spiro atoms. The van der Waals surface area contributed by atoms with Gasteiger partial charge in [-0.3, -0.25) is 0 Å². The Balaban J connectivity index is 0.000000126. The summed E-state index contributed by atoms with van der Waals surface area (Å²) in [6, 6.07) is 26.4. The number of carbonyl (C=O) groups excluding carboxylic acids is 8. The van der Waals surface area contributed by atoms with Crippen LogP contribution in [-0.2, 0) is 18.9 Å². The molecule has 69 heavy (non-hydrogen) atoms. The van der Waals surface area contributed by atoms with Gasteiger partial charge in [-0.15, -0.1) is 0 Å². The van der Waals surface area contributed by atoms with Crippen molar-refractivity contribution in [2.45, 2.75) is 0 Å². The molecule has 0 aliphatic carbocycles. The third kappa shape index (κ3) is 7.74. The first-order valence-corrected chi connectivity index (χ1v) is 19.6. The quantitative estimate of drug-likeness (QED) is 0.113. The number of carbonyl (C=O) groups is 8. The highest BCUT2D eigenvalue weighted by Gasteiger charge is 2.33. The summed E-state index contributed by atoms with van der Waals surface area (Å²) in [6.07, 6.45) is 0. The molecule has 12 rings (SSSR count). The van der Waals surface area contributed by atoms with Gasteiger partial charge in [0.2, 0.25) is 0 Å². The van der Waals surface area contributed by atoms with Crippen molar-refractivity contribution >= 4 is 69.3 Å². The summed E-state index contributed by atoms with van der Waals surface area (Å²) in [7, 11) is 0. The number of fused-ring (bicyclic) bond motifs is 6. The van der Waals surface area contributed by atoms with Crippen LogP contribution in [0.4, 0.5) is 0 Å². The predicted molar refractivity (Wildman–Crippen MR) is 225 cm³/mol. The van der Waals surface area contributed by atoms with E-state index in [9.17, 15) is 57.5 Å². The Hall–Kier alpha value is -10.4. The molecule has 0 radical (unpaired) electrons. The lowest BCUT2D eigenvalue weighted by Gasteiger charge is -2.10. The first-order chi connectivity index (χ1) is 33.1. The number of benzene rings is 6. The van der Waals surface area contributed by atoms with E-state index < -0.39 is 70.3 Å². The number of hydrogen-bond donors (Lipinski definition) is 0. The van der Waals surface area contributed by atoms with Gasteiger partial charge in [-0.2, -0.15) is 0 Å². The van der Waals surface area contributed by atoms with Crippen LogP contribution >= 0.6 is 0 Å². The van der Waals surface area contributed by atoms with Crippen molar-refractivity contribution in [3.8, 4) is 34.5 Å². The van der Waals surface area contributed by atoms with E-state index in [2.05, 4.69) is 27.8 Å². The summed E-state index contributed by atoms with van der Waals surface area (Å²) >= 11 is 0. The van der Waals surface area contributed by atoms with Crippen LogP contribution < -0.4 is 36.7 Å². The van der Waals surface area contributed by atoms with Gasteiger partial charge in [0.05, 0.1) is 66.1 Å². The van der Waals surface area contributed by atoms with Gasteiger partial charge in [-0.1, -0.05) is 6.07 Å². The fraction of sp³-hybridized carbons (Fsp3) is 0. The first kappa shape index (κ1) is 42.5. The summed E-state index contributed by atoms with van der Waals surface area (Å²) in [4.78, 5) is 137. The molecule has 6 heterocycles. The molecule has 4 aliphatic rings. The second-order valence-corrected chi connectivity index (χ2v) is 14.6. The van der Waals surface area contributed by atoms with Crippen LogP contribution in [0, 0.1) is 0 Å². The fourth-order valence-corrected chi connectivity index (χ4v) is 7.18. The van der Waals surface area contributed by atoms with E-state index in [1.807, 2.05) is 0 Å². The first-order valence-electron chi connectivity index (χ1n) is 19.6. The van der Waals surface area contributed by atoms with Crippen LogP contribution in [0.3, 0.4) is 0 Å².